The number of carbonyl (C=O) groups excluding carboxylic acids is 1. The normalized spacial score (nSPS) is 17.5. The van der Waals surface area contributed by atoms with E-state index in [0.29, 0.717) is 5.56 Å². The second kappa shape index (κ2) is 3.94. The van der Waals surface area contributed by atoms with Crippen molar-refractivity contribution in [3.63, 3.8) is 0 Å². The van der Waals surface area contributed by atoms with Crippen molar-refractivity contribution in [3.8, 4) is 5.75 Å². The number of allylic oxidation sites excluding steroid dienone is 2. The number of rotatable bonds is 2. The Kier molecular flexibility index (Phi) is 2.62. The molecule has 0 atom stereocenters. The van der Waals surface area contributed by atoms with E-state index in [-0.39, 0.29) is 5.78 Å². The summed E-state index contributed by atoms with van der Waals surface area (Å²) in [5.41, 5.74) is -0.492. The van der Waals surface area contributed by atoms with Gasteiger partial charge in [0.05, 0.1) is 7.11 Å². The first-order chi connectivity index (χ1) is 7.64. The number of methoxy groups -OCH3 is 1. The van der Waals surface area contributed by atoms with Gasteiger partial charge in [0, 0.05) is 0 Å². The Morgan fingerprint density at radius 2 is 1.69 bits per heavy atom. The van der Waals surface area contributed by atoms with Gasteiger partial charge in [-0.05, 0) is 42.0 Å². The molecule has 3 heteroatoms. The minimum atomic E-state index is -1.19. The first-order valence-electron chi connectivity index (χ1n) is 4.93. The van der Waals surface area contributed by atoms with Crippen LogP contribution in [0.2, 0.25) is 0 Å². The van der Waals surface area contributed by atoms with E-state index in [1.807, 2.05) is 0 Å². The van der Waals surface area contributed by atoms with Crippen LogP contribution in [0.5, 0.6) is 5.75 Å². The van der Waals surface area contributed by atoms with Crippen molar-refractivity contribution < 1.29 is 14.6 Å². The van der Waals surface area contributed by atoms with Gasteiger partial charge >= 0.3 is 0 Å². The number of carbonyl (C=O) groups is 1. The van der Waals surface area contributed by atoms with Crippen molar-refractivity contribution in [2.75, 3.05) is 7.11 Å². The maximum atomic E-state index is 11.0. The van der Waals surface area contributed by atoms with Crippen LogP contribution in [0.4, 0.5) is 0 Å². The molecule has 1 aromatic carbocycles. The highest BCUT2D eigenvalue weighted by molar-refractivity contribution is 6.00. The number of aliphatic hydroxyl groups is 1. The third-order valence-corrected chi connectivity index (χ3v) is 2.56. The Hall–Kier alpha value is -1.87. The van der Waals surface area contributed by atoms with Gasteiger partial charge in [-0.2, -0.15) is 0 Å². The maximum absolute atomic E-state index is 11.0. The van der Waals surface area contributed by atoms with E-state index in [2.05, 4.69) is 0 Å². The summed E-state index contributed by atoms with van der Waals surface area (Å²) in [7, 11) is 1.59. The summed E-state index contributed by atoms with van der Waals surface area (Å²) in [6.45, 7) is 0. The van der Waals surface area contributed by atoms with Crippen LogP contribution in [-0.2, 0) is 10.4 Å². The average molecular weight is 216 g/mol. The highest BCUT2D eigenvalue weighted by Gasteiger charge is 2.25. The first-order valence-corrected chi connectivity index (χ1v) is 4.93. The van der Waals surface area contributed by atoms with Crippen LogP contribution < -0.4 is 4.74 Å². The van der Waals surface area contributed by atoms with Gasteiger partial charge in [-0.3, -0.25) is 4.79 Å². The summed E-state index contributed by atoms with van der Waals surface area (Å²) in [5.74, 6) is 0.616. The zero-order valence-electron chi connectivity index (χ0n) is 8.88. The molecule has 0 saturated heterocycles. The maximum Gasteiger partial charge on any atom is 0.178 e. The lowest BCUT2D eigenvalue weighted by atomic mass is 9.89. The largest absolute Gasteiger partial charge is 0.497 e. The summed E-state index contributed by atoms with van der Waals surface area (Å²) in [4.78, 5) is 11.0. The van der Waals surface area contributed by atoms with Crippen LogP contribution >= 0.6 is 0 Å². The number of ketones is 1. The van der Waals surface area contributed by atoms with Crippen molar-refractivity contribution in [1.29, 1.82) is 0 Å². The van der Waals surface area contributed by atoms with Crippen molar-refractivity contribution >= 4 is 5.78 Å². The Morgan fingerprint density at radius 3 is 2.19 bits per heavy atom. The van der Waals surface area contributed by atoms with Gasteiger partial charge in [-0.15, -0.1) is 0 Å². The molecule has 3 nitrogen and oxygen atoms in total. The molecule has 1 aromatic rings. The molecule has 0 aliphatic heterocycles. The quantitative estimate of drug-likeness (QED) is 0.816. The molecule has 16 heavy (non-hydrogen) atoms. The van der Waals surface area contributed by atoms with E-state index in [1.165, 1.54) is 24.3 Å². The molecule has 1 aliphatic rings. The Balaban J connectivity index is 2.33. The zero-order chi connectivity index (χ0) is 11.6. The predicted molar refractivity (Wildman–Crippen MR) is 60.2 cm³/mol. The van der Waals surface area contributed by atoms with Crippen LogP contribution in [-0.4, -0.2) is 18.0 Å². The van der Waals surface area contributed by atoms with Gasteiger partial charge in [-0.1, -0.05) is 12.1 Å². The molecule has 1 N–H and O–H groups in total. The molecule has 0 spiro atoms. The third-order valence-electron chi connectivity index (χ3n) is 2.56. The molecule has 0 aromatic heterocycles. The summed E-state index contributed by atoms with van der Waals surface area (Å²) < 4.78 is 5.03. The number of hydrogen-bond acceptors (Lipinski definition) is 3. The Morgan fingerprint density at radius 1 is 1.12 bits per heavy atom. The van der Waals surface area contributed by atoms with Gasteiger partial charge < -0.3 is 9.84 Å². The highest BCUT2D eigenvalue weighted by Crippen LogP contribution is 2.28. The van der Waals surface area contributed by atoms with Crippen molar-refractivity contribution in [2.24, 2.45) is 0 Å². The summed E-state index contributed by atoms with van der Waals surface area (Å²) in [5, 5.41) is 10.3. The predicted octanol–water partition coefficient (Wildman–Crippen LogP) is 1.58. The van der Waals surface area contributed by atoms with Crippen molar-refractivity contribution in [3.05, 3.63) is 54.1 Å². The minimum absolute atomic E-state index is 0.113. The van der Waals surface area contributed by atoms with Gasteiger partial charge in [0.1, 0.15) is 11.4 Å². The zero-order valence-corrected chi connectivity index (χ0v) is 8.88. The van der Waals surface area contributed by atoms with Crippen molar-refractivity contribution in [2.45, 2.75) is 5.60 Å². The molecule has 0 unspecified atom stereocenters. The van der Waals surface area contributed by atoms with E-state index < -0.39 is 5.60 Å². The lowest BCUT2D eigenvalue weighted by Crippen LogP contribution is -2.22. The smallest absolute Gasteiger partial charge is 0.178 e. The molecular formula is C13H12O3. The Bertz CT molecular complexity index is 439. The lowest BCUT2D eigenvalue weighted by Gasteiger charge is -2.23. The van der Waals surface area contributed by atoms with E-state index >= 15 is 0 Å². The van der Waals surface area contributed by atoms with Crippen LogP contribution in [0, 0.1) is 0 Å². The molecular weight excluding hydrogens is 204 g/mol. The van der Waals surface area contributed by atoms with E-state index in [0.717, 1.165) is 5.75 Å². The molecule has 0 fully saturated rings. The highest BCUT2D eigenvalue weighted by atomic mass is 16.5. The molecule has 1 aliphatic carbocycles. The van der Waals surface area contributed by atoms with Crippen molar-refractivity contribution in [1.82, 2.24) is 0 Å². The van der Waals surface area contributed by atoms with E-state index in [9.17, 15) is 9.90 Å². The fraction of sp³-hybridized carbons (Fsp3) is 0.154. The molecule has 0 bridgehead atoms. The van der Waals surface area contributed by atoms with Crippen LogP contribution in [0.25, 0.3) is 0 Å². The fourth-order valence-electron chi connectivity index (χ4n) is 1.58. The third kappa shape index (κ3) is 1.90. The SMILES string of the molecule is COc1ccc(C2(O)C=CC(=O)C=C2)cc1. The number of benzene rings is 1. The van der Waals surface area contributed by atoms with Crippen LogP contribution in [0.15, 0.2) is 48.6 Å². The lowest BCUT2D eigenvalue weighted by molar-refractivity contribution is -0.110. The standard InChI is InChI=1S/C13H12O3/c1-16-12-4-2-10(3-5-12)13(15)8-6-11(14)7-9-13/h2-9,15H,1H3. The monoisotopic (exact) mass is 216 g/mol. The molecule has 0 heterocycles. The second-order valence-corrected chi connectivity index (χ2v) is 3.62. The second-order valence-electron chi connectivity index (χ2n) is 3.62. The Labute approximate surface area is 93.7 Å². The molecule has 0 saturated carbocycles. The van der Waals surface area contributed by atoms with Gasteiger partial charge in [0.15, 0.2) is 5.78 Å². The molecule has 0 radical (unpaired) electrons. The first kappa shape index (κ1) is 10.6. The van der Waals surface area contributed by atoms with Gasteiger partial charge in [-0.25, -0.2) is 0 Å². The van der Waals surface area contributed by atoms with Crippen LogP contribution in [0.1, 0.15) is 5.56 Å². The van der Waals surface area contributed by atoms with Gasteiger partial charge in [0.2, 0.25) is 0 Å². The van der Waals surface area contributed by atoms with Crippen LogP contribution in [0.3, 0.4) is 0 Å². The molecule has 0 amide bonds. The van der Waals surface area contributed by atoms with E-state index in [4.69, 9.17) is 4.74 Å². The summed E-state index contributed by atoms with van der Waals surface area (Å²) >= 11 is 0. The molecule has 2 rings (SSSR count). The summed E-state index contributed by atoms with van der Waals surface area (Å²) in [6.07, 6.45) is 5.70. The number of hydrogen-bond donors (Lipinski definition) is 1. The number of ether oxygens (including phenoxy) is 1. The van der Waals surface area contributed by atoms with E-state index in [1.54, 1.807) is 31.4 Å². The summed E-state index contributed by atoms with van der Waals surface area (Å²) in [6, 6.07) is 7.07. The topological polar surface area (TPSA) is 46.5 Å². The average Bonchev–Trinajstić information content (AvgIpc) is 2.33. The van der Waals surface area contributed by atoms with Gasteiger partial charge in [0.25, 0.3) is 0 Å². The minimum Gasteiger partial charge on any atom is -0.497 e. The fourth-order valence-corrected chi connectivity index (χ4v) is 1.58. The molecule has 82 valence electrons.